The van der Waals surface area contributed by atoms with Crippen molar-refractivity contribution in [3.05, 3.63) is 65.0 Å². The quantitative estimate of drug-likeness (QED) is 0.743. The van der Waals surface area contributed by atoms with Crippen molar-refractivity contribution < 1.29 is 4.74 Å². The average molecular weight is 372 g/mol. The molecule has 0 radical (unpaired) electrons. The third kappa shape index (κ3) is 3.75. The summed E-state index contributed by atoms with van der Waals surface area (Å²) in [5.74, 6) is 1.45. The van der Waals surface area contributed by atoms with Gasteiger partial charge in [-0.05, 0) is 59.0 Å². The first-order valence-corrected chi connectivity index (χ1v) is 7.67. The Bertz CT molecular complexity index is 796. The molecule has 6 nitrogen and oxygen atoms in total. The van der Waals surface area contributed by atoms with Crippen molar-refractivity contribution in [1.29, 1.82) is 0 Å². The predicted molar refractivity (Wildman–Crippen MR) is 92.5 cm³/mol. The molecule has 0 unspecified atom stereocenters. The van der Waals surface area contributed by atoms with Crippen molar-refractivity contribution in [3.63, 3.8) is 0 Å². The van der Waals surface area contributed by atoms with Crippen molar-refractivity contribution in [1.82, 2.24) is 20.2 Å². The lowest BCUT2D eigenvalue weighted by Crippen LogP contribution is -1.99. The fraction of sp³-hybridized carbons (Fsp3) is 0.0625. The molecule has 23 heavy (non-hydrogen) atoms. The minimum absolute atomic E-state index is 0.633. The molecule has 0 amide bonds. The van der Waals surface area contributed by atoms with E-state index >= 15 is 0 Å². The second-order valence-corrected chi connectivity index (χ2v) is 5.55. The van der Waals surface area contributed by atoms with E-state index in [0.29, 0.717) is 5.82 Å². The van der Waals surface area contributed by atoms with Crippen LogP contribution in [0.2, 0.25) is 0 Å². The topological polar surface area (TPSA) is 64.9 Å². The second-order valence-electron chi connectivity index (χ2n) is 4.63. The molecule has 0 aliphatic carbocycles. The molecular formula is C16H14BrN5O. The number of tetrazole rings is 1. The number of nitrogens with one attached hydrogen (secondary N) is 1. The van der Waals surface area contributed by atoms with E-state index in [9.17, 15) is 0 Å². The van der Waals surface area contributed by atoms with Gasteiger partial charge >= 0.3 is 0 Å². The highest BCUT2D eigenvalue weighted by atomic mass is 79.9. The Hall–Kier alpha value is -2.67. The van der Waals surface area contributed by atoms with Gasteiger partial charge in [-0.2, -0.15) is 4.68 Å². The van der Waals surface area contributed by atoms with E-state index in [4.69, 9.17) is 4.74 Å². The SMILES string of the molecule is COc1ccc(N/C=C/c2nnnn2-c2ccc(Br)cc2)cc1. The van der Waals surface area contributed by atoms with E-state index in [2.05, 4.69) is 36.8 Å². The molecule has 3 aromatic rings. The van der Waals surface area contributed by atoms with Crippen LogP contribution < -0.4 is 10.1 Å². The van der Waals surface area contributed by atoms with Gasteiger partial charge in [-0.1, -0.05) is 15.9 Å². The highest BCUT2D eigenvalue weighted by Crippen LogP contribution is 2.16. The van der Waals surface area contributed by atoms with E-state index in [1.807, 2.05) is 54.6 Å². The van der Waals surface area contributed by atoms with Crippen LogP contribution in [0.3, 0.4) is 0 Å². The van der Waals surface area contributed by atoms with E-state index in [0.717, 1.165) is 21.6 Å². The second kappa shape index (κ2) is 7.06. The summed E-state index contributed by atoms with van der Waals surface area (Å²) in [6.45, 7) is 0. The van der Waals surface area contributed by atoms with E-state index in [-0.39, 0.29) is 0 Å². The molecule has 7 heteroatoms. The number of hydrogen-bond donors (Lipinski definition) is 1. The maximum atomic E-state index is 5.13. The van der Waals surface area contributed by atoms with Gasteiger partial charge in [0.2, 0.25) is 0 Å². The van der Waals surface area contributed by atoms with E-state index < -0.39 is 0 Å². The van der Waals surface area contributed by atoms with Crippen LogP contribution in [0.4, 0.5) is 5.69 Å². The summed E-state index contributed by atoms with van der Waals surface area (Å²) in [5.41, 5.74) is 1.84. The summed E-state index contributed by atoms with van der Waals surface area (Å²) >= 11 is 3.41. The van der Waals surface area contributed by atoms with Gasteiger partial charge in [0, 0.05) is 22.4 Å². The normalized spacial score (nSPS) is 10.9. The molecule has 0 fully saturated rings. The van der Waals surface area contributed by atoms with Crippen LogP contribution >= 0.6 is 15.9 Å². The fourth-order valence-corrected chi connectivity index (χ4v) is 2.23. The van der Waals surface area contributed by atoms with Crippen molar-refractivity contribution >= 4 is 27.7 Å². The first-order chi connectivity index (χ1) is 11.3. The first-order valence-electron chi connectivity index (χ1n) is 6.88. The zero-order chi connectivity index (χ0) is 16.1. The molecule has 0 aliphatic rings. The molecule has 0 saturated carbocycles. The van der Waals surface area contributed by atoms with Gasteiger partial charge in [0.25, 0.3) is 0 Å². The van der Waals surface area contributed by atoms with Gasteiger partial charge in [-0.3, -0.25) is 0 Å². The van der Waals surface area contributed by atoms with Gasteiger partial charge < -0.3 is 10.1 Å². The Morgan fingerprint density at radius 3 is 2.52 bits per heavy atom. The van der Waals surface area contributed by atoms with Crippen molar-refractivity contribution in [2.24, 2.45) is 0 Å². The summed E-state index contributed by atoms with van der Waals surface area (Å²) in [6, 6.07) is 15.4. The van der Waals surface area contributed by atoms with Crippen LogP contribution in [0, 0.1) is 0 Å². The maximum absolute atomic E-state index is 5.13. The molecule has 1 N–H and O–H groups in total. The Kier molecular flexibility index (Phi) is 4.68. The Morgan fingerprint density at radius 2 is 1.83 bits per heavy atom. The zero-order valence-corrected chi connectivity index (χ0v) is 13.9. The molecule has 0 bridgehead atoms. The van der Waals surface area contributed by atoms with Crippen molar-refractivity contribution in [3.8, 4) is 11.4 Å². The van der Waals surface area contributed by atoms with Crippen molar-refractivity contribution in [2.75, 3.05) is 12.4 Å². The van der Waals surface area contributed by atoms with Crippen LogP contribution in [-0.2, 0) is 0 Å². The summed E-state index contributed by atoms with van der Waals surface area (Å²) in [6.07, 6.45) is 3.61. The first kappa shape index (κ1) is 15.2. The number of nitrogens with zero attached hydrogens (tertiary/aromatic N) is 4. The molecule has 2 aromatic carbocycles. The number of anilines is 1. The van der Waals surface area contributed by atoms with E-state index in [1.54, 1.807) is 18.0 Å². The van der Waals surface area contributed by atoms with Gasteiger partial charge in [0.15, 0.2) is 5.82 Å². The number of rotatable bonds is 5. The van der Waals surface area contributed by atoms with Crippen molar-refractivity contribution in [2.45, 2.75) is 0 Å². The lowest BCUT2D eigenvalue weighted by atomic mass is 10.3. The number of ether oxygens (including phenoxy) is 1. The summed E-state index contributed by atoms with van der Waals surface area (Å²) < 4.78 is 7.80. The molecule has 0 aliphatic heterocycles. The van der Waals surface area contributed by atoms with Gasteiger partial charge in [0.05, 0.1) is 12.8 Å². The van der Waals surface area contributed by atoms with Crippen LogP contribution in [0.15, 0.2) is 59.2 Å². The summed E-state index contributed by atoms with van der Waals surface area (Å²) in [5, 5.41) is 14.9. The Morgan fingerprint density at radius 1 is 1.09 bits per heavy atom. The Balaban J connectivity index is 1.73. The average Bonchev–Trinajstić information content (AvgIpc) is 3.05. The molecule has 0 spiro atoms. The fourth-order valence-electron chi connectivity index (χ4n) is 1.96. The molecular weight excluding hydrogens is 358 g/mol. The highest BCUT2D eigenvalue weighted by molar-refractivity contribution is 9.10. The Labute approximate surface area is 141 Å². The lowest BCUT2D eigenvalue weighted by Gasteiger charge is -2.03. The number of aromatic nitrogens is 4. The largest absolute Gasteiger partial charge is 0.497 e. The monoisotopic (exact) mass is 371 g/mol. The zero-order valence-electron chi connectivity index (χ0n) is 12.3. The highest BCUT2D eigenvalue weighted by Gasteiger charge is 2.04. The lowest BCUT2D eigenvalue weighted by molar-refractivity contribution is 0.415. The maximum Gasteiger partial charge on any atom is 0.181 e. The molecule has 0 saturated heterocycles. The molecule has 1 heterocycles. The minimum Gasteiger partial charge on any atom is -0.497 e. The molecule has 116 valence electrons. The smallest absolute Gasteiger partial charge is 0.181 e. The van der Waals surface area contributed by atoms with Crippen LogP contribution in [0.5, 0.6) is 5.75 Å². The molecule has 0 atom stereocenters. The predicted octanol–water partition coefficient (Wildman–Crippen LogP) is 3.52. The van der Waals surface area contributed by atoms with Crippen LogP contribution in [0.25, 0.3) is 11.8 Å². The van der Waals surface area contributed by atoms with Gasteiger partial charge in [-0.15, -0.1) is 5.10 Å². The number of halogens is 1. The number of hydrogen-bond acceptors (Lipinski definition) is 5. The van der Waals surface area contributed by atoms with Gasteiger partial charge in [-0.25, -0.2) is 0 Å². The molecule has 1 aromatic heterocycles. The standard InChI is InChI=1S/C16H14BrN5O/c1-23-15-8-4-13(5-9-15)18-11-10-16-19-20-21-22(16)14-6-2-12(17)3-7-14/h2-11,18H,1H3/b11-10+. The third-order valence-electron chi connectivity index (χ3n) is 3.14. The van der Waals surface area contributed by atoms with Gasteiger partial charge in [0.1, 0.15) is 5.75 Å². The number of benzene rings is 2. The molecule has 3 rings (SSSR count). The minimum atomic E-state index is 0.633. The summed E-state index contributed by atoms with van der Waals surface area (Å²) in [7, 11) is 1.64. The van der Waals surface area contributed by atoms with Crippen LogP contribution in [0.1, 0.15) is 5.82 Å². The third-order valence-corrected chi connectivity index (χ3v) is 3.67. The number of methoxy groups -OCH3 is 1. The van der Waals surface area contributed by atoms with E-state index in [1.165, 1.54) is 0 Å². The van der Waals surface area contributed by atoms with Crippen LogP contribution in [-0.4, -0.2) is 27.3 Å². The summed E-state index contributed by atoms with van der Waals surface area (Å²) in [4.78, 5) is 0.